The molecule has 4 rings (SSSR count). The lowest BCUT2D eigenvalue weighted by molar-refractivity contribution is 0.0746. The Morgan fingerprint density at radius 2 is 1.72 bits per heavy atom. The smallest absolute Gasteiger partial charge is 0.254 e. The van der Waals surface area contributed by atoms with E-state index >= 15 is 0 Å². The summed E-state index contributed by atoms with van der Waals surface area (Å²) in [7, 11) is 0. The third kappa shape index (κ3) is 3.59. The summed E-state index contributed by atoms with van der Waals surface area (Å²) in [5.74, 6) is -0.529. The molecule has 1 amide bonds. The van der Waals surface area contributed by atoms with Gasteiger partial charge in [0, 0.05) is 49.8 Å². The SMILES string of the molecule is Cc1ccc(C(=O)N2CCN(c3cccc(F)c3C#N)CC2)cc1-n1cccc1. The molecule has 1 saturated heterocycles. The van der Waals surface area contributed by atoms with Crippen molar-refractivity contribution in [3.05, 3.63) is 83.4 Å². The Bertz CT molecular complexity index is 1080. The van der Waals surface area contributed by atoms with Crippen LogP contribution in [0.2, 0.25) is 0 Å². The first-order valence-corrected chi connectivity index (χ1v) is 9.55. The number of hydrogen-bond acceptors (Lipinski definition) is 3. The van der Waals surface area contributed by atoms with E-state index in [1.807, 2.05) is 70.1 Å². The fourth-order valence-corrected chi connectivity index (χ4v) is 3.74. The highest BCUT2D eigenvalue weighted by Crippen LogP contribution is 2.24. The Hall–Kier alpha value is -3.59. The van der Waals surface area contributed by atoms with Crippen LogP contribution in [0.3, 0.4) is 0 Å². The second-order valence-electron chi connectivity index (χ2n) is 7.12. The van der Waals surface area contributed by atoms with Crippen molar-refractivity contribution in [1.82, 2.24) is 9.47 Å². The summed E-state index contributed by atoms with van der Waals surface area (Å²) in [5.41, 5.74) is 3.37. The summed E-state index contributed by atoms with van der Waals surface area (Å²) in [5, 5.41) is 9.26. The lowest BCUT2D eigenvalue weighted by Crippen LogP contribution is -2.49. The van der Waals surface area contributed by atoms with Crippen LogP contribution in [-0.4, -0.2) is 41.6 Å². The number of aryl methyl sites for hydroxylation is 1. The van der Waals surface area contributed by atoms with Gasteiger partial charge in [-0.2, -0.15) is 5.26 Å². The molecule has 3 aromatic rings. The van der Waals surface area contributed by atoms with Gasteiger partial charge in [0.25, 0.3) is 5.91 Å². The van der Waals surface area contributed by atoms with E-state index in [2.05, 4.69) is 0 Å². The molecule has 1 fully saturated rings. The van der Waals surface area contributed by atoms with E-state index < -0.39 is 5.82 Å². The van der Waals surface area contributed by atoms with Gasteiger partial charge in [-0.1, -0.05) is 12.1 Å². The molecule has 0 spiro atoms. The Kier molecular flexibility index (Phi) is 5.05. The second-order valence-corrected chi connectivity index (χ2v) is 7.12. The number of anilines is 1. The first kappa shape index (κ1) is 18.8. The normalized spacial score (nSPS) is 14.0. The maximum Gasteiger partial charge on any atom is 0.254 e. The molecule has 0 N–H and O–H groups in total. The molecular weight excluding hydrogens is 367 g/mol. The van der Waals surface area contributed by atoms with Crippen molar-refractivity contribution in [2.75, 3.05) is 31.1 Å². The molecule has 146 valence electrons. The van der Waals surface area contributed by atoms with Crippen LogP contribution >= 0.6 is 0 Å². The zero-order valence-electron chi connectivity index (χ0n) is 16.2. The van der Waals surface area contributed by atoms with Crippen LogP contribution in [0.4, 0.5) is 10.1 Å². The van der Waals surface area contributed by atoms with E-state index in [9.17, 15) is 14.4 Å². The highest BCUT2D eigenvalue weighted by atomic mass is 19.1. The third-order valence-corrected chi connectivity index (χ3v) is 5.35. The lowest BCUT2D eigenvalue weighted by atomic mass is 10.1. The predicted octanol–water partition coefficient (Wildman–Crippen LogP) is 3.76. The largest absolute Gasteiger partial charge is 0.367 e. The summed E-state index contributed by atoms with van der Waals surface area (Å²) in [6.45, 7) is 4.18. The quantitative estimate of drug-likeness (QED) is 0.687. The van der Waals surface area contributed by atoms with E-state index in [1.54, 1.807) is 12.1 Å². The van der Waals surface area contributed by atoms with Gasteiger partial charge in [0.1, 0.15) is 17.4 Å². The van der Waals surface area contributed by atoms with Gasteiger partial charge in [0.05, 0.1) is 5.69 Å². The van der Waals surface area contributed by atoms with E-state index in [0.29, 0.717) is 37.4 Å². The molecule has 2 aromatic carbocycles. The van der Waals surface area contributed by atoms with Crippen LogP contribution in [0.1, 0.15) is 21.5 Å². The van der Waals surface area contributed by atoms with Crippen molar-refractivity contribution in [3.8, 4) is 11.8 Å². The van der Waals surface area contributed by atoms with E-state index in [-0.39, 0.29) is 11.5 Å². The van der Waals surface area contributed by atoms with Crippen molar-refractivity contribution >= 4 is 11.6 Å². The van der Waals surface area contributed by atoms with Gasteiger partial charge in [-0.15, -0.1) is 0 Å². The average molecular weight is 388 g/mol. The van der Waals surface area contributed by atoms with Gasteiger partial charge in [-0.3, -0.25) is 4.79 Å². The molecule has 0 atom stereocenters. The average Bonchev–Trinajstić information content (AvgIpc) is 3.28. The molecule has 1 aromatic heterocycles. The number of nitrogens with zero attached hydrogens (tertiary/aromatic N) is 4. The van der Waals surface area contributed by atoms with Gasteiger partial charge < -0.3 is 14.4 Å². The summed E-state index contributed by atoms with van der Waals surface area (Å²) in [4.78, 5) is 16.8. The summed E-state index contributed by atoms with van der Waals surface area (Å²) in [6.07, 6.45) is 3.92. The minimum absolute atomic E-state index is 0.0159. The van der Waals surface area contributed by atoms with Crippen LogP contribution in [0.15, 0.2) is 60.9 Å². The molecule has 2 heterocycles. The molecule has 1 aliphatic heterocycles. The van der Waals surface area contributed by atoms with Gasteiger partial charge in [0.15, 0.2) is 0 Å². The molecule has 0 bridgehead atoms. The Morgan fingerprint density at radius 3 is 2.41 bits per heavy atom. The van der Waals surface area contributed by atoms with Crippen molar-refractivity contribution in [3.63, 3.8) is 0 Å². The molecule has 29 heavy (non-hydrogen) atoms. The maximum atomic E-state index is 13.9. The topological polar surface area (TPSA) is 52.3 Å². The predicted molar refractivity (Wildman–Crippen MR) is 110 cm³/mol. The summed E-state index contributed by atoms with van der Waals surface area (Å²) < 4.78 is 15.9. The second kappa shape index (κ2) is 7.80. The fourth-order valence-electron chi connectivity index (χ4n) is 3.74. The van der Waals surface area contributed by atoms with Crippen LogP contribution in [0.25, 0.3) is 5.69 Å². The molecule has 0 radical (unpaired) electrons. The molecule has 0 aliphatic carbocycles. The van der Waals surface area contributed by atoms with E-state index in [4.69, 9.17) is 0 Å². The number of aromatic nitrogens is 1. The zero-order valence-corrected chi connectivity index (χ0v) is 16.2. The van der Waals surface area contributed by atoms with Gasteiger partial charge in [-0.05, 0) is 48.9 Å². The van der Waals surface area contributed by atoms with Crippen molar-refractivity contribution in [1.29, 1.82) is 5.26 Å². The lowest BCUT2D eigenvalue weighted by Gasteiger charge is -2.36. The van der Waals surface area contributed by atoms with E-state index in [1.165, 1.54) is 6.07 Å². The van der Waals surface area contributed by atoms with Gasteiger partial charge in [-0.25, -0.2) is 4.39 Å². The molecule has 0 saturated carbocycles. The fraction of sp³-hybridized carbons (Fsp3) is 0.217. The highest BCUT2D eigenvalue weighted by Gasteiger charge is 2.24. The van der Waals surface area contributed by atoms with Gasteiger partial charge >= 0.3 is 0 Å². The zero-order chi connectivity index (χ0) is 20.4. The summed E-state index contributed by atoms with van der Waals surface area (Å²) >= 11 is 0. The number of amides is 1. The Labute approximate surface area is 169 Å². The first-order chi connectivity index (χ1) is 14.1. The third-order valence-electron chi connectivity index (χ3n) is 5.35. The first-order valence-electron chi connectivity index (χ1n) is 9.55. The number of carbonyl (C=O) groups excluding carboxylic acids is 1. The van der Waals surface area contributed by atoms with Crippen LogP contribution < -0.4 is 4.90 Å². The number of piperazine rings is 1. The summed E-state index contributed by atoms with van der Waals surface area (Å²) in [6, 6.07) is 16.3. The van der Waals surface area contributed by atoms with Crippen molar-refractivity contribution in [2.45, 2.75) is 6.92 Å². The molecule has 1 aliphatic rings. The van der Waals surface area contributed by atoms with Gasteiger partial charge in [0.2, 0.25) is 0 Å². The Balaban J connectivity index is 1.50. The van der Waals surface area contributed by atoms with Crippen molar-refractivity contribution in [2.24, 2.45) is 0 Å². The molecule has 5 nitrogen and oxygen atoms in total. The highest BCUT2D eigenvalue weighted by molar-refractivity contribution is 5.95. The number of halogens is 1. The molecule has 0 unspecified atom stereocenters. The monoisotopic (exact) mass is 388 g/mol. The number of hydrogen-bond donors (Lipinski definition) is 0. The molecular formula is C23H21FN4O. The minimum Gasteiger partial charge on any atom is -0.367 e. The maximum absolute atomic E-state index is 13.9. The molecule has 6 heteroatoms. The number of rotatable bonds is 3. The van der Waals surface area contributed by atoms with E-state index in [0.717, 1.165) is 11.3 Å². The Morgan fingerprint density at radius 1 is 1.00 bits per heavy atom. The number of benzene rings is 2. The van der Waals surface area contributed by atoms with Crippen molar-refractivity contribution < 1.29 is 9.18 Å². The minimum atomic E-state index is -0.513. The number of carbonyl (C=O) groups is 1. The number of nitriles is 1. The van der Waals surface area contributed by atoms with Crippen LogP contribution in [-0.2, 0) is 0 Å². The van der Waals surface area contributed by atoms with Crippen LogP contribution in [0, 0.1) is 24.1 Å². The van der Waals surface area contributed by atoms with Crippen LogP contribution in [0.5, 0.6) is 0 Å². The standard InChI is InChI=1S/C23H21FN4O/c1-17-7-8-18(15-22(17)26-9-2-3-10-26)23(29)28-13-11-27(12-14-28)21-6-4-5-20(24)19(21)16-25/h2-10,15H,11-14H2,1H3.